The molecule has 3 rings (SSSR count). The Hall–Kier alpha value is -0.870. The highest BCUT2D eigenvalue weighted by atomic mass is 35.5. The fraction of sp³-hybridized carbons (Fsp3) is 0.733. The van der Waals surface area contributed by atoms with Gasteiger partial charge in [0.1, 0.15) is 5.78 Å². The molecule has 1 spiro atoms. The second-order valence-corrected chi connectivity index (χ2v) is 6.57. The van der Waals surface area contributed by atoms with Gasteiger partial charge < -0.3 is 5.32 Å². The first-order chi connectivity index (χ1) is 9.57. The fourth-order valence-corrected chi connectivity index (χ4v) is 3.94. The Bertz CT molecular complexity index is 531. The summed E-state index contributed by atoms with van der Waals surface area (Å²) in [4.78, 5) is 12.5. The van der Waals surface area contributed by atoms with E-state index in [1.165, 1.54) is 0 Å². The number of halogens is 1. The number of nitrogens with zero attached hydrogens (tertiary/aromatic N) is 2. The topological polar surface area (TPSA) is 46.9 Å². The molecule has 2 aliphatic rings. The minimum Gasteiger partial charge on any atom is -0.317 e. The SMILES string of the molecule is CCc1nn(C)c(CC(=O)C2CC23CCNCC3)c1Cl. The summed E-state index contributed by atoms with van der Waals surface area (Å²) in [5.41, 5.74) is 2.08. The fourth-order valence-electron chi connectivity index (χ4n) is 3.58. The highest BCUT2D eigenvalue weighted by molar-refractivity contribution is 6.32. The molecular weight excluding hydrogens is 274 g/mol. The lowest BCUT2D eigenvalue weighted by Gasteiger charge is -2.23. The van der Waals surface area contributed by atoms with Gasteiger partial charge in [0.15, 0.2) is 0 Å². The number of hydrogen-bond acceptors (Lipinski definition) is 3. The molecule has 0 radical (unpaired) electrons. The molecule has 20 heavy (non-hydrogen) atoms. The number of rotatable bonds is 4. The van der Waals surface area contributed by atoms with Crippen LogP contribution in [0.4, 0.5) is 0 Å². The minimum atomic E-state index is 0.251. The van der Waals surface area contributed by atoms with Gasteiger partial charge >= 0.3 is 0 Å². The number of hydrogen-bond donors (Lipinski definition) is 1. The molecule has 1 atom stereocenters. The maximum absolute atomic E-state index is 12.5. The van der Waals surface area contributed by atoms with Crippen molar-refractivity contribution >= 4 is 17.4 Å². The van der Waals surface area contributed by atoms with E-state index in [0.717, 1.165) is 50.2 Å². The smallest absolute Gasteiger partial charge is 0.142 e. The molecule has 0 aromatic carbocycles. The second-order valence-electron chi connectivity index (χ2n) is 6.20. The zero-order valence-corrected chi connectivity index (χ0v) is 13.0. The van der Waals surface area contributed by atoms with Gasteiger partial charge in [-0.05, 0) is 44.2 Å². The predicted molar refractivity (Wildman–Crippen MR) is 79.0 cm³/mol. The highest BCUT2D eigenvalue weighted by Gasteiger charge is 2.57. The van der Waals surface area contributed by atoms with Gasteiger partial charge in [-0.2, -0.15) is 5.10 Å². The van der Waals surface area contributed by atoms with Gasteiger partial charge in [-0.3, -0.25) is 9.48 Å². The Morgan fingerprint density at radius 1 is 1.50 bits per heavy atom. The van der Waals surface area contributed by atoms with Crippen LogP contribution in [0.15, 0.2) is 0 Å². The Kier molecular flexibility index (Phi) is 3.63. The molecule has 0 bridgehead atoms. The van der Waals surface area contributed by atoms with Gasteiger partial charge in [-0.25, -0.2) is 0 Å². The van der Waals surface area contributed by atoms with Crippen molar-refractivity contribution in [2.75, 3.05) is 13.1 Å². The first kappa shape index (κ1) is 14.1. The van der Waals surface area contributed by atoms with Crippen LogP contribution in [0.2, 0.25) is 5.02 Å². The Morgan fingerprint density at radius 2 is 2.20 bits per heavy atom. The van der Waals surface area contributed by atoms with E-state index in [0.29, 0.717) is 22.6 Å². The number of nitrogens with one attached hydrogen (secondary N) is 1. The lowest BCUT2D eigenvalue weighted by Crippen LogP contribution is -2.31. The van der Waals surface area contributed by atoms with E-state index >= 15 is 0 Å². The maximum atomic E-state index is 12.5. The largest absolute Gasteiger partial charge is 0.317 e. The maximum Gasteiger partial charge on any atom is 0.142 e. The molecule has 1 N–H and O–H groups in total. The summed E-state index contributed by atoms with van der Waals surface area (Å²) >= 11 is 6.33. The number of carbonyl (C=O) groups is 1. The van der Waals surface area contributed by atoms with Gasteiger partial charge in [-0.15, -0.1) is 0 Å². The zero-order chi connectivity index (χ0) is 14.3. The highest BCUT2D eigenvalue weighted by Crippen LogP contribution is 2.59. The van der Waals surface area contributed by atoms with E-state index in [4.69, 9.17) is 11.6 Å². The van der Waals surface area contributed by atoms with Crippen molar-refractivity contribution in [3.8, 4) is 0 Å². The lowest BCUT2D eigenvalue weighted by molar-refractivity contribution is -0.120. The molecular formula is C15H22ClN3O. The van der Waals surface area contributed by atoms with Gasteiger partial charge in [-0.1, -0.05) is 18.5 Å². The Morgan fingerprint density at radius 3 is 2.80 bits per heavy atom. The molecule has 110 valence electrons. The molecule has 0 amide bonds. The van der Waals surface area contributed by atoms with Gasteiger partial charge in [0.05, 0.1) is 22.8 Å². The zero-order valence-electron chi connectivity index (χ0n) is 12.2. The molecule has 1 unspecified atom stereocenters. The summed E-state index contributed by atoms with van der Waals surface area (Å²) in [7, 11) is 1.88. The van der Waals surface area contributed by atoms with Gasteiger partial charge in [0.25, 0.3) is 0 Å². The van der Waals surface area contributed by atoms with Gasteiger partial charge in [0.2, 0.25) is 0 Å². The number of carbonyl (C=O) groups excluding carboxylic acids is 1. The van der Waals surface area contributed by atoms with Crippen LogP contribution < -0.4 is 5.32 Å². The summed E-state index contributed by atoms with van der Waals surface area (Å²) in [6.45, 7) is 4.14. The second kappa shape index (κ2) is 5.15. The average Bonchev–Trinajstić information content (AvgIpc) is 3.07. The number of ketones is 1. The third kappa shape index (κ3) is 2.29. The molecule has 1 saturated heterocycles. The number of aryl methyl sites for hydroxylation is 2. The molecule has 4 nitrogen and oxygen atoms in total. The van der Waals surface area contributed by atoms with Crippen molar-refractivity contribution in [3.05, 3.63) is 16.4 Å². The molecule has 5 heteroatoms. The predicted octanol–water partition coefficient (Wildman–Crippen LogP) is 2.14. The third-order valence-electron chi connectivity index (χ3n) is 5.02. The van der Waals surface area contributed by atoms with Crippen LogP contribution in [0.25, 0.3) is 0 Å². The molecule has 1 saturated carbocycles. The number of aromatic nitrogens is 2. The first-order valence-corrected chi connectivity index (χ1v) is 7.89. The molecule has 2 heterocycles. The van der Waals surface area contributed by atoms with Crippen LogP contribution in [0, 0.1) is 11.3 Å². The van der Waals surface area contributed by atoms with Crippen LogP contribution in [-0.2, 0) is 24.7 Å². The van der Waals surface area contributed by atoms with Crippen LogP contribution >= 0.6 is 11.6 Å². The van der Waals surface area contributed by atoms with Crippen molar-refractivity contribution in [2.24, 2.45) is 18.4 Å². The minimum absolute atomic E-state index is 0.251. The first-order valence-electron chi connectivity index (χ1n) is 7.51. The summed E-state index contributed by atoms with van der Waals surface area (Å²) in [6, 6.07) is 0. The van der Waals surface area contributed by atoms with E-state index in [1.54, 1.807) is 4.68 Å². The van der Waals surface area contributed by atoms with E-state index < -0.39 is 0 Å². The molecule has 1 aliphatic heterocycles. The molecule has 1 aliphatic carbocycles. The van der Waals surface area contributed by atoms with Crippen LogP contribution in [0.3, 0.4) is 0 Å². The number of Topliss-reactive ketones (excluding diaryl/α,β-unsaturated/α-hetero) is 1. The molecule has 2 fully saturated rings. The summed E-state index contributed by atoms with van der Waals surface area (Å²) in [5, 5.41) is 8.44. The van der Waals surface area contributed by atoms with Crippen molar-refractivity contribution < 1.29 is 4.79 Å². The van der Waals surface area contributed by atoms with Crippen molar-refractivity contribution in [1.82, 2.24) is 15.1 Å². The average molecular weight is 296 g/mol. The van der Waals surface area contributed by atoms with Gasteiger partial charge in [0, 0.05) is 13.0 Å². The van der Waals surface area contributed by atoms with Crippen LogP contribution in [0.1, 0.15) is 37.6 Å². The third-order valence-corrected chi connectivity index (χ3v) is 5.46. The normalized spacial score (nSPS) is 24.1. The van der Waals surface area contributed by atoms with Crippen molar-refractivity contribution in [2.45, 2.75) is 39.0 Å². The molecule has 1 aromatic heterocycles. The molecule has 1 aromatic rings. The van der Waals surface area contributed by atoms with E-state index in [1.807, 2.05) is 14.0 Å². The summed E-state index contributed by atoms with van der Waals surface area (Å²) < 4.78 is 1.77. The van der Waals surface area contributed by atoms with E-state index in [2.05, 4.69) is 10.4 Å². The monoisotopic (exact) mass is 295 g/mol. The summed E-state index contributed by atoms with van der Waals surface area (Å²) in [5.74, 6) is 0.597. The van der Waals surface area contributed by atoms with Crippen molar-refractivity contribution in [3.63, 3.8) is 0 Å². The van der Waals surface area contributed by atoms with Crippen molar-refractivity contribution in [1.29, 1.82) is 0 Å². The number of piperidine rings is 1. The standard InChI is InChI=1S/C15H22ClN3O/c1-3-11-14(16)12(19(2)18-11)8-13(20)10-9-15(10)4-6-17-7-5-15/h10,17H,3-9H2,1-2H3. The van der Waals surface area contributed by atoms with Crippen LogP contribution in [-0.4, -0.2) is 28.7 Å². The lowest BCUT2D eigenvalue weighted by atomic mass is 9.90. The van der Waals surface area contributed by atoms with E-state index in [-0.39, 0.29) is 5.92 Å². The van der Waals surface area contributed by atoms with Crippen LogP contribution in [0.5, 0.6) is 0 Å². The Labute approximate surface area is 124 Å². The quantitative estimate of drug-likeness (QED) is 0.926. The Balaban J connectivity index is 1.70. The van der Waals surface area contributed by atoms with E-state index in [9.17, 15) is 4.79 Å². The summed E-state index contributed by atoms with van der Waals surface area (Å²) in [6.07, 6.45) is 4.59.